The summed E-state index contributed by atoms with van der Waals surface area (Å²) >= 11 is 0. The van der Waals surface area contributed by atoms with Crippen LogP contribution in [0.5, 0.6) is 0 Å². The molecule has 2 fully saturated rings. The summed E-state index contributed by atoms with van der Waals surface area (Å²) in [6, 6.07) is -0.502. The monoisotopic (exact) mass is 281 g/mol. The van der Waals surface area contributed by atoms with Crippen LogP contribution in [0.15, 0.2) is 11.3 Å². The predicted octanol–water partition coefficient (Wildman–Crippen LogP) is 0.355. The van der Waals surface area contributed by atoms with E-state index in [2.05, 4.69) is 16.0 Å². The smallest absolute Gasteiger partial charge is 0.326 e. The molecule has 1 aliphatic heterocycles. The molecule has 6 nitrogen and oxygen atoms in total. The first kappa shape index (κ1) is 15.0. The van der Waals surface area contributed by atoms with Crippen molar-refractivity contribution < 1.29 is 14.7 Å². The minimum Gasteiger partial charge on any atom is -0.480 e. The number of nitrogens with one attached hydrogen (secondary N) is 3. The Morgan fingerprint density at radius 1 is 1.45 bits per heavy atom. The Kier molecular flexibility index (Phi) is 5.14. The van der Waals surface area contributed by atoms with Crippen molar-refractivity contribution >= 4 is 11.8 Å². The Balaban J connectivity index is 2.01. The van der Waals surface area contributed by atoms with Crippen molar-refractivity contribution in [3.63, 3.8) is 0 Å². The number of carboxylic acid groups (broad SMARTS) is 1. The van der Waals surface area contributed by atoms with Gasteiger partial charge in [0.2, 0.25) is 0 Å². The van der Waals surface area contributed by atoms with Gasteiger partial charge >= 0.3 is 5.97 Å². The average molecular weight is 281 g/mol. The lowest BCUT2D eigenvalue weighted by Crippen LogP contribution is -2.42. The maximum Gasteiger partial charge on any atom is 0.326 e. The highest BCUT2D eigenvalue weighted by Gasteiger charge is 2.26. The summed E-state index contributed by atoms with van der Waals surface area (Å²) in [5, 5.41) is 18.7. The molecule has 1 heterocycles. The van der Waals surface area contributed by atoms with Crippen LogP contribution in [0.3, 0.4) is 0 Å². The maximum atomic E-state index is 11.9. The third-order valence-corrected chi connectivity index (χ3v) is 3.99. The molecule has 0 bridgehead atoms. The molecule has 2 rings (SSSR count). The Hall–Kier alpha value is -1.40. The zero-order chi connectivity index (χ0) is 14.5. The van der Waals surface area contributed by atoms with Gasteiger partial charge in [0, 0.05) is 36.9 Å². The zero-order valence-electron chi connectivity index (χ0n) is 11.9. The maximum absolute atomic E-state index is 11.9. The van der Waals surface area contributed by atoms with Crippen LogP contribution in [-0.2, 0) is 9.59 Å². The second kappa shape index (κ2) is 6.85. The summed E-state index contributed by atoms with van der Waals surface area (Å²) in [6.45, 7) is 3.31. The van der Waals surface area contributed by atoms with E-state index in [4.69, 9.17) is 0 Å². The molecular formula is C14H23N3O3. The normalized spacial score (nSPS) is 27.2. The van der Waals surface area contributed by atoms with Crippen LogP contribution in [0.4, 0.5) is 0 Å². The van der Waals surface area contributed by atoms with Crippen molar-refractivity contribution in [3.05, 3.63) is 11.3 Å². The molecule has 0 aromatic rings. The highest BCUT2D eigenvalue weighted by atomic mass is 16.4. The molecule has 2 atom stereocenters. The van der Waals surface area contributed by atoms with Crippen molar-refractivity contribution in [1.29, 1.82) is 0 Å². The number of allylic oxidation sites excluding steroid dienone is 2. The largest absolute Gasteiger partial charge is 0.480 e. The van der Waals surface area contributed by atoms with E-state index in [0.29, 0.717) is 12.8 Å². The van der Waals surface area contributed by atoms with Gasteiger partial charge in [-0.1, -0.05) is 0 Å². The van der Waals surface area contributed by atoms with Crippen LogP contribution in [0, 0.1) is 0 Å². The molecule has 0 unspecified atom stereocenters. The first-order valence-corrected chi connectivity index (χ1v) is 7.24. The predicted molar refractivity (Wildman–Crippen MR) is 75.1 cm³/mol. The molecule has 112 valence electrons. The van der Waals surface area contributed by atoms with Crippen molar-refractivity contribution in [2.24, 2.45) is 0 Å². The number of ketones is 1. The fourth-order valence-electron chi connectivity index (χ4n) is 2.83. The molecule has 0 amide bonds. The number of rotatable bonds is 5. The molecule has 20 heavy (non-hydrogen) atoms. The van der Waals surface area contributed by atoms with Crippen LogP contribution >= 0.6 is 0 Å². The summed E-state index contributed by atoms with van der Waals surface area (Å²) < 4.78 is 0. The molecule has 2 aliphatic rings. The molecule has 1 saturated carbocycles. The second-order valence-electron chi connectivity index (χ2n) is 5.54. The molecule has 1 saturated heterocycles. The van der Waals surface area contributed by atoms with Gasteiger partial charge in [-0.15, -0.1) is 0 Å². The van der Waals surface area contributed by atoms with E-state index < -0.39 is 12.0 Å². The summed E-state index contributed by atoms with van der Waals surface area (Å²) in [4.78, 5) is 23.2. The second-order valence-corrected chi connectivity index (χ2v) is 5.54. The van der Waals surface area contributed by atoms with Gasteiger partial charge in [0.05, 0.1) is 0 Å². The van der Waals surface area contributed by atoms with E-state index in [0.717, 1.165) is 43.7 Å². The third kappa shape index (κ3) is 3.80. The van der Waals surface area contributed by atoms with Gasteiger partial charge in [-0.25, -0.2) is 4.79 Å². The summed E-state index contributed by atoms with van der Waals surface area (Å²) in [5.74, 6) is -0.715. The standard InChI is InChI=1S/C14H23N3O3/c1-9(11-4-2-3-5-13(11)18)17-12(14(19)20)6-10-7-15-8-16-10/h10,12,15-17H,2-8H2,1H3,(H,19,20)/t10-,12+/m0/s1. The number of hydrogen-bond acceptors (Lipinski definition) is 5. The third-order valence-electron chi connectivity index (χ3n) is 3.99. The molecule has 0 spiro atoms. The topological polar surface area (TPSA) is 90.5 Å². The molecule has 1 aliphatic carbocycles. The number of Topliss-reactive ketones (excluding diaryl/α,β-unsaturated/α-hetero) is 1. The Bertz CT molecular complexity index is 414. The van der Waals surface area contributed by atoms with Crippen LogP contribution in [-0.4, -0.2) is 42.2 Å². The lowest BCUT2D eigenvalue weighted by atomic mass is 9.92. The van der Waals surface area contributed by atoms with Gasteiger partial charge in [0.15, 0.2) is 5.78 Å². The summed E-state index contributed by atoms with van der Waals surface area (Å²) in [6.07, 6.45) is 3.79. The molecule has 0 aromatic heterocycles. The SMILES string of the molecule is CC(N[C@H](C[C@H]1CNCN1)C(=O)O)=C1CCCCC1=O. The Labute approximate surface area is 119 Å². The van der Waals surface area contributed by atoms with Gasteiger partial charge in [-0.05, 0) is 32.6 Å². The fourth-order valence-corrected chi connectivity index (χ4v) is 2.83. The van der Waals surface area contributed by atoms with Gasteiger partial charge in [-0.2, -0.15) is 0 Å². The minimum absolute atomic E-state index is 0.156. The summed E-state index contributed by atoms with van der Waals surface area (Å²) in [5.41, 5.74) is 1.51. The van der Waals surface area contributed by atoms with Gasteiger partial charge < -0.3 is 21.1 Å². The van der Waals surface area contributed by atoms with E-state index in [-0.39, 0.29) is 11.8 Å². The molecule has 0 radical (unpaired) electrons. The van der Waals surface area contributed by atoms with Gasteiger partial charge in [0.25, 0.3) is 0 Å². The summed E-state index contributed by atoms with van der Waals surface area (Å²) in [7, 11) is 0. The first-order chi connectivity index (χ1) is 9.58. The van der Waals surface area contributed by atoms with E-state index in [1.54, 1.807) is 0 Å². The quantitative estimate of drug-likeness (QED) is 0.544. The molecule has 6 heteroatoms. The average Bonchev–Trinajstić information content (AvgIpc) is 2.91. The minimum atomic E-state index is -0.873. The van der Waals surface area contributed by atoms with Crippen LogP contribution < -0.4 is 16.0 Å². The van der Waals surface area contributed by atoms with Crippen molar-refractivity contribution in [2.75, 3.05) is 13.2 Å². The highest BCUT2D eigenvalue weighted by molar-refractivity contribution is 5.96. The van der Waals surface area contributed by atoms with E-state index in [1.807, 2.05) is 6.92 Å². The molecule has 0 aromatic carbocycles. The molecule has 4 N–H and O–H groups in total. The van der Waals surface area contributed by atoms with Crippen LogP contribution in [0.2, 0.25) is 0 Å². The zero-order valence-corrected chi connectivity index (χ0v) is 11.9. The van der Waals surface area contributed by atoms with Crippen LogP contribution in [0.25, 0.3) is 0 Å². The Morgan fingerprint density at radius 3 is 2.80 bits per heavy atom. The van der Waals surface area contributed by atoms with Crippen LogP contribution in [0.1, 0.15) is 39.0 Å². The Morgan fingerprint density at radius 2 is 2.20 bits per heavy atom. The molecular weight excluding hydrogens is 258 g/mol. The van der Waals surface area contributed by atoms with E-state index >= 15 is 0 Å². The van der Waals surface area contributed by atoms with Crippen molar-refractivity contribution in [2.45, 2.75) is 51.1 Å². The van der Waals surface area contributed by atoms with E-state index in [1.165, 1.54) is 0 Å². The fraction of sp³-hybridized carbons (Fsp3) is 0.714. The number of hydrogen-bond donors (Lipinski definition) is 4. The van der Waals surface area contributed by atoms with Gasteiger partial charge in [-0.3, -0.25) is 4.79 Å². The van der Waals surface area contributed by atoms with Crippen molar-refractivity contribution in [3.8, 4) is 0 Å². The van der Waals surface area contributed by atoms with E-state index in [9.17, 15) is 14.7 Å². The lowest BCUT2D eigenvalue weighted by Gasteiger charge is -2.22. The number of carbonyl (C=O) groups is 2. The number of carboxylic acids is 1. The number of aliphatic carboxylic acids is 1. The highest BCUT2D eigenvalue weighted by Crippen LogP contribution is 2.22. The van der Waals surface area contributed by atoms with Crippen molar-refractivity contribution in [1.82, 2.24) is 16.0 Å². The van der Waals surface area contributed by atoms with Gasteiger partial charge in [0.1, 0.15) is 6.04 Å². The first-order valence-electron chi connectivity index (χ1n) is 7.24. The lowest BCUT2D eigenvalue weighted by molar-refractivity contribution is -0.139. The number of carbonyl (C=O) groups excluding carboxylic acids is 1.